The molecule has 0 bridgehead atoms. The van der Waals surface area contributed by atoms with Crippen LogP contribution in [0.25, 0.3) is 0 Å². The van der Waals surface area contributed by atoms with E-state index in [1.54, 1.807) is 48.5 Å². The second-order valence-corrected chi connectivity index (χ2v) is 5.42. The summed E-state index contributed by atoms with van der Waals surface area (Å²) in [7, 11) is 0. The van der Waals surface area contributed by atoms with Crippen molar-refractivity contribution in [3.63, 3.8) is 0 Å². The van der Waals surface area contributed by atoms with Crippen LogP contribution in [-0.4, -0.2) is 23.5 Å². The SMILES string of the molecule is NC(=O)CNC(=O)c1ccccc1SC(=O)c1ccccc1. The van der Waals surface area contributed by atoms with Gasteiger partial charge in [0.05, 0.1) is 12.1 Å². The molecule has 2 rings (SSSR count). The average molecular weight is 314 g/mol. The third-order valence-corrected chi connectivity index (χ3v) is 3.76. The molecule has 2 amide bonds. The molecule has 2 aromatic carbocycles. The fraction of sp³-hybridized carbons (Fsp3) is 0.0625. The number of hydrogen-bond donors (Lipinski definition) is 2. The zero-order valence-electron chi connectivity index (χ0n) is 11.6. The molecule has 0 aliphatic carbocycles. The number of carbonyl (C=O) groups excluding carboxylic acids is 3. The molecular formula is C16H14N2O3S. The minimum Gasteiger partial charge on any atom is -0.368 e. The summed E-state index contributed by atoms with van der Waals surface area (Å²) in [4.78, 5) is 35.5. The molecule has 0 heterocycles. The maximum Gasteiger partial charge on any atom is 0.252 e. The molecule has 2 aromatic rings. The van der Waals surface area contributed by atoms with Gasteiger partial charge in [-0.25, -0.2) is 0 Å². The summed E-state index contributed by atoms with van der Waals surface area (Å²) in [6.07, 6.45) is 0. The van der Waals surface area contributed by atoms with Gasteiger partial charge in [-0.3, -0.25) is 14.4 Å². The molecule has 5 nitrogen and oxygen atoms in total. The van der Waals surface area contributed by atoms with E-state index in [4.69, 9.17) is 5.73 Å². The number of carbonyl (C=O) groups is 3. The van der Waals surface area contributed by atoms with E-state index in [1.807, 2.05) is 6.07 Å². The zero-order chi connectivity index (χ0) is 15.9. The van der Waals surface area contributed by atoms with Gasteiger partial charge in [0.2, 0.25) is 11.0 Å². The van der Waals surface area contributed by atoms with Gasteiger partial charge in [-0.1, -0.05) is 42.5 Å². The predicted octanol–water partition coefficient (Wildman–Crippen LogP) is 1.83. The van der Waals surface area contributed by atoms with Crippen LogP contribution in [0.1, 0.15) is 20.7 Å². The number of rotatable bonds is 5. The van der Waals surface area contributed by atoms with E-state index in [9.17, 15) is 14.4 Å². The second-order valence-electron chi connectivity index (χ2n) is 4.40. The molecule has 0 atom stereocenters. The number of hydrogen-bond acceptors (Lipinski definition) is 4. The Hall–Kier alpha value is -2.60. The van der Waals surface area contributed by atoms with Crippen LogP contribution in [0.2, 0.25) is 0 Å². The molecule has 112 valence electrons. The monoisotopic (exact) mass is 314 g/mol. The molecular weight excluding hydrogens is 300 g/mol. The van der Waals surface area contributed by atoms with E-state index in [-0.39, 0.29) is 11.7 Å². The fourth-order valence-corrected chi connectivity index (χ4v) is 2.61. The van der Waals surface area contributed by atoms with Crippen LogP contribution < -0.4 is 11.1 Å². The van der Waals surface area contributed by atoms with Crippen LogP contribution >= 0.6 is 11.8 Å². The van der Waals surface area contributed by atoms with E-state index < -0.39 is 11.8 Å². The molecule has 0 spiro atoms. The Labute approximate surface area is 131 Å². The molecule has 0 aliphatic heterocycles. The van der Waals surface area contributed by atoms with Crippen molar-refractivity contribution in [2.45, 2.75) is 4.90 Å². The molecule has 22 heavy (non-hydrogen) atoms. The van der Waals surface area contributed by atoms with Gasteiger partial charge in [0.15, 0.2) is 0 Å². The summed E-state index contributed by atoms with van der Waals surface area (Å²) < 4.78 is 0. The first-order valence-corrected chi connectivity index (χ1v) is 7.32. The van der Waals surface area contributed by atoms with E-state index in [0.717, 1.165) is 11.8 Å². The summed E-state index contributed by atoms with van der Waals surface area (Å²) in [6.45, 7) is -0.246. The van der Waals surface area contributed by atoms with E-state index in [2.05, 4.69) is 5.32 Å². The normalized spacial score (nSPS) is 10.0. The van der Waals surface area contributed by atoms with Crippen molar-refractivity contribution >= 4 is 28.7 Å². The van der Waals surface area contributed by atoms with Crippen LogP contribution in [0.5, 0.6) is 0 Å². The Morgan fingerprint density at radius 3 is 2.27 bits per heavy atom. The second kappa shape index (κ2) is 7.42. The van der Waals surface area contributed by atoms with Crippen LogP contribution in [0.3, 0.4) is 0 Å². The molecule has 0 unspecified atom stereocenters. The lowest BCUT2D eigenvalue weighted by molar-refractivity contribution is -0.117. The molecule has 3 N–H and O–H groups in total. The molecule has 0 saturated heterocycles. The summed E-state index contributed by atoms with van der Waals surface area (Å²) in [5.41, 5.74) is 5.89. The van der Waals surface area contributed by atoms with Crippen molar-refractivity contribution in [3.05, 3.63) is 65.7 Å². The number of primary amides is 1. The fourth-order valence-electron chi connectivity index (χ4n) is 1.74. The first kappa shape index (κ1) is 15.8. The Morgan fingerprint density at radius 1 is 0.955 bits per heavy atom. The van der Waals surface area contributed by atoms with Crippen molar-refractivity contribution in [1.82, 2.24) is 5.32 Å². The van der Waals surface area contributed by atoms with Gasteiger partial charge in [-0.2, -0.15) is 0 Å². The van der Waals surface area contributed by atoms with Gasteiger partial charge in [0.25, 0.3) is 5.91 Å². The highest BCUT2D eigenvalue weighted by Gasteiger charge is 2.15. The van der Waals surface area contributed by atoms with Gasteiger partial charge >= 0.3 is 0 Å². The first-order valence-electron chi connectivity index (χ1n) is 6.50. The van der Waals surface area contributed by atoms with Gasteiger partial charge in [-0.15, -0.1) is 0 Å². The standard InChI is InChI=1S/C16H14N2O3S/c17-14(19)10-18-15(20)12-8-4-5-9-13(12)22-16(21)11-6-2-1-3-7-11/h1-9H,10H2,(H2,17,19)(H,18,20). The van der Waals surface area contributed by atoms with Gasteiger partial charge in [-0.05, 0) is 23.9 Å². The first-order chi connectivity index (χ1) is 10.6. The summed E-state index contributed by atoms with van der Waals surface area (Å²) in [5, 5.41) is 2.26. The summed E-state index contributed by atoms with van der Waals surface area (Å²) in [5.74, 6) is -1.07. The average Bonchev–Trinajstić information content (AvgIpc) is 2.54. The van der Waals surface area contributed by atoms with Crippen molar-refractivity contribution in [3.8, 4) is 0 Å². The quantitative estimate of drug-likeness (QED) is 0.824. The van der Waals surface area contributed by atoms with Crippen molar-refractivity contribution < 1.29 is 14.4 Å². The van der Waals surface area contributed by atoms with Gasteiger partial charge < -0.3 is 11.1 Å². The van der Waals surface area contributed by atoms with Crippen LogP contribution in [0.4, 0.5) is 0 Å². The predicted molar refractivity (Wildman–Crippen MR) is 84.6 cm³/mol. The van der Waals surface area contributed by atoms with E-state index in [1.165, 1.54) is 0 Å². The lowest BCUT2D eigenvalue weighted by atomic mass is 10.2. The van der Waals surface area contributed by atoms with Crippen molar-refractivity contribution in [1.29, 1.82) is 0 Å². The van der Waals surface area contributed by atoms with Crippen LogP contribution in [0.15, 0.2) is 59.5 Å². The lowest BCUT2D eigenvalue weighted by Crippen LogP contribution is -2.33. The number of thioether (sulfide) groups is 1. The molecule has 0 aromatic heterocycles. The van der Waals surface area contributed by atoms with E-state index >= 15 is 0 Å². The third-order valence-electron chi connectivity index (χ3n) is 2.77. The topological polar surface area (TPSA) is 89.3 Å². The maximum atomic E-state index is 12.2. The molecule has 0 fully saturated rings. The number of nitrogens with one attached hydrogen (secondary N) is 1. The smallest absolute Gasteiger partial charge is 0.252 e. The molecule has 0 radical (unpaired) electrons. The Morgan fingerprint density at radius 2 is 1.59 bits per heavy atom. The highest BCUT2D eigenvalue weighted by atomic mass is 32.2. The van der Waals surface area contributed by atoms with Crippen molar-refractivity contribution in [2.75, 3.05) is 6.54 Å². The lowest BCUT2D eigenvalue weighted by Gasteiger charge is -2.08. The third kappa shape index (κ3) is 4.20. The highest BCUT2D eigenvalue weighted by molar-refractivity contribution is 8.14. The van der Waals surface area contributed by atoms with Gasteiger partial charge in [0.1, 0.15) is 0 Å². The Balaban J connectivity index is 2.16. The molecule has 6 heteroatoms. The number of nitrogens with two attached hydrogens (primary N) is 1. The largest absolute Gasteiger partial charge is 0.368 e. The number of amides is 2. The van der Waals surface area contributed by atoms with Crippen molar-refractivity contribution in [2.24, 2.45) is 5.73 Å². The summed E-state index contributed by atoms with van der Waals surface area (Å²) in [6, 6.07) is 15.5. The van der Waals surface area contributed by atoms with E-state index in [0.29, 0.717) is 16.0 Å². The maximum absolute atomic E-state index is 12.2. The molecule has 0 saturated carbocycles. The van der Waals surface area contributed by atoms with Crippen LogP contribution in [-0.2, 0) is 4.79 Å². The van der Waals surface area contributed by atoms with Crippen LogP contribution in [0, 0.1) is 0 Å². The minimum absolute atomic E-state index is 0.157. The van der Waals surface area contributed by atoms with Gasteiger partial charge in [0, 0.05) is 10.5 Å². The zero-order valence-corrected chi connectivity index (χ0v) is 12.4. The minimum atomic E-state index is -0.626. The summed E-state index contributed by atoms with van der Waals surface area (Å²) >= 11 is 0.970. The Bertz CT molecular complexity index is 702. The highest BCUT2D eigenvalue weighted by Crippen LogP contribution is 2.26. The Kier molecular flexibility index (Phi) is 5.32. The molecule has 0 aliphatic rings. The number of benzene rings is 2.